The van der Waals surface area contributed by atoms with Gasteiger partial charge in [-0.3, -0.25) is 9.79 Å². The number of aryl methyl sites for hydroxylation is 1. The minimum absolute atomic E-state index is 0.0604. The maximum Gasteiger partial charge on any atom is 0.328 e. The molecule has 3 amide bonds. The summed E-state index contributed by atoms with van der Waals surface area (Å²) in [7, 11) is 0. The van der Waals surface area contributed by atoms with Gasteiger partial charge in [0.2, 0.25) is 0 Å². The summed E-state index contributed by atoms with van der Waals surface area (Å²) in [6.07, 6.45) is 0.998. The lowest BCUT2D eigenvalue weighted by molar-refractivity contribution is -0.138. The lowest BCUT2D eigenvalue weighted by Gasteiger charge is -2.17. The fourth-order valence-electron chi connectivity index (χ4n) is 3.30. The molecule has 0 fully saturated rings. The number of urea groups is 1. The Kier molecular flexibility index (Phi) is 9.32. The van der Waals surface area contributed by atoms with Crippen molar-refractivity contribution in [2.24, 2.45) is 4.99 Å². The number of phenolic OH excluding ortho intramolecular Hbond substituents is 1. The van der Waals surface area contributed by atoms with Gasteiger partial charge in [0.15, 0.2) is 5.96 Å². The van der Waals surface area contributed by atoms with Crippen molar-refractivity contribution >= 4 is 29.6 Å². The number of phenols is 1. The third-order valence-corrected chi connectivity index (χ3v) is 5.24. The number of ether oxygens (including phenoxy) is 1. The molecule has 0 radical (unpaired) electrons. The van der Waals surface area contributed by atoms with Gasteiger partial charge in [-0.15, -0.1) is 0 Å². The van der Waals surface area contributed by atoms with Crippen LogP contribution in [0.5, 0.6) is 11.5 Å². The number of nitrogens with one attached hydrogen (secondary N) is 5. The summed E-state index contributed by atoms with van der Waals surface area (Å²) in [5.74, 6) is -1.27. The van der Waals surface area contributed by atoms with Gasteiger partial charge in [0.25, 0.3) is 5.91 Å². The number of hydrogen-bond acceptors (Lipinski definition) is 8. The van der Waals surface area contributed by atoms with E-state index in [1.54, 1.807) is 25.1 Å². The van der Waals surface area contributed by atoms with Crippen molar-refractivity contribution in [1.82, 2.24) is 21.3 Å². The normalized spacial score (nSPS) is 13.4. The molecule has 12 heteroatoms. The number of amides is 3. The second kappa shape index (κ2) is 12.8. The minimum atomic E-state index is -1.39. The Labute approximate surface area is 208 Å². The zero-order valence-corrected chi connectivity index (χ0v) is 19.8. The molecule has 1 heterocycles. The van der Waals surface area contributed by atoms with Crippen molar-refractivity contribution in [3.05, 3.63) is 53.6 Å². The van der Waals surface area contributed by atoms with Gasteiger partial charge in [0.05, 0.1) is 12.1 Å². The van der Waals surface area contributed by atoms with E-state index in [-0.39, 0.29) is 11.3 Å². The SMILES string of the molecule is Cc1ccccc1NC(=O)N[C@@H](CNC(=O)c1ccc(OCCNC2=NCCCN2)cc1O)C(=O)O. The summed E-state index contributed by atoms with van der Waals surface area (Å²) in [5, 5.41) is 33.2. The molecule has 0 aromatic heterocycles. The molecule has 192 valence electrons. The van der Waals surface area contributed by atoms with E-state index in [1.165, 1.54) is 18.2 Å². The monoisotopic (exact) mass is 498 g/mol. The van der Waals surface area contributed by atoms with Crippen molar-refractivity contribution < 1.29 is 29.3 Å². The van der Waals surface area contributed by atoms with Gasteiger partial charge in [-0.25, -0.2) is 9.59 Å². The molecule has 3 rings (SSSR count). The van der Waals surface area contributed by atoms with Crippen LogP contribution in [0.3, 0.4) is 0 Å². The predicted molar refractivity (Wildman–Crippen MR) is 134 cm³/mol. The zero-order valence-electron chi connectivity index (χ0n) is 19.8. The number of aliphatic imine (C=N–C) groups is 1. The third kappa shape index (κ3) is 7.79. The summed E-state index contributed by atoms with van der Waals surface area (Å²) in [4.78, 5) is 40.6. The molecule has 36 heavy (non-hydrogen) atoms. The van der Waals surface area contributed by atoms with E-state index in [4.69, 9.17) is 4.74 Å². The number of para-hydroxylation sites is 1. The summed E-state index contributed by atoms with van der Waals surface area (Å²) >= 11 is 0. The van der Waals surface area contributed by atoms with Crippen molar-refractivity contribution in [2.75, 3.05) is 38.1 Å². The number of benzene rings is 2. The largest absolute Gasteiger partial charge is 0.507 e. The Bertz CT molecular complexity index is 1120. The molecule has 2 aromatic carbocycles. The summed E-state index contributed by atoms with van der Waals surface area (Å²) in [5.41, 5.74) is 1.28. The highest BCUT2D eigenvalue weighted by Gasteiger charge is 2.22. The topological polar surface area (TPSA) is 173 Å². The molecule has 1 aliphatic heterocycles. The van der Waals surface area contributed by atoms with Crippen molar-refractivity contribution in [3.63, 3.8) is 0 Å². The standard InChI is InChI=1S/C24H30N6O6/c1-15-5-2-3-6-18(15)29-24(35)30-19(22(33)34)14-28-21(32)17-8-7-16(13-20(17)31)36-12-11-27-23-25-9-4-10-26-23/h2-3,5-8,13,19,31H,4,9-12,14H2,1H3,(H,28,32)(H,33,34)(H2,25,26,27)(H2,29,30,35)/t19-/m0/s1. The van der Waals surface area contributed by atoms with E-state index >= 15 is 0 Å². The highest BCUT2D eigenvalue weighted by atomic mass is 16.5. The van der Waals surface area contributed by atoms with Crippen LogP contribution in [0.1, 0.15) is 22.3 Å². The van der Waals surface area contributed by atoms with Crippen LogP contribution >= 0.6 is 0 Å². The van der Waals surface area contributed by atoms with E-state index in [0.29, 0.717) is 24.6 Å². The molecule has 1 aliphatic rings. The predicted octanol–water partition coefficient (Wildman–Crippen LogP) is 1.02. The van der Waals surface area contributed by atoms with E-state index < -0.39 is 30.5 Å². The Morgan fingerprint density at radius 1 is 1.19 bits per heavy atom. The van der Waals surface area contributed by atoms with Gasteiger partial charge in [-0.1, -0.05) is 18.2 Å². The number of anilines is 1. The van der Waals surface area contributed by atoms with Gasteiger partial charge in [-0.2, -0.15) is 0 Å². The Morgan fingerprint density at radius 2 is 2.00 bits per heavy atom. The van der Waals surface area contributed by atoms with Crippen molar-refractivity contribution in [1.29, 1.82) is 0 Å². The molecule has 2 aromatic rings. The lowest BCUT2D eigenvalue weighted by atomic mass is 10.1. The van der Waals surface area contributed by atoms with Crippen LogP contribution in [0.2, 0.25) is 0 Å². The average Bonchev–Trinajstić information content (AvgIpc) is 2.86. The van der Waals surface area contributed by atoms with E-state index in [1.807, 2.05) is 6.07 Å². The molecule has 0 spiro atoms. The summed E-state index contributed by atoms with van der Waals surface area (Å²) in [6, 6.07) is 9.10. The molecule has 0 unspecified atom stereocenters. The smallest absolute Gasteiger partial charge is 0.328 e. The van der Waals surface area contributed by atoms with Gasteiger partial charge < -0.3 is 41.5 Å². The molecular weight excluding hydrogens is 468 g/mol. The van der Waals surface area contributed by atoms with Crippen LogP contribution in [0.25, 0.3) is 0 Å². The number of nitrogens with zero attached hydrogens (tertiary/aromatic N) is 1. The first-order valence-corrected chi connectivity index (χ1v) is 11.5. The first-order valence-electron chi connectivity index (χ1n) is 11.5. The molecular formula is C24H30N6O6. The van der Waals surface area contributed by atoms with Crippen LogP contribution in [0.15, 0.2) is 47.5 Å². The number of carbonyl (C=O) groups excluding carboxylic acids is 2. The fraction of sp³-hybridized carbons (Fsp3) is 0.333. The maximum atomic E-state index is 12.5. The Hall–Kier alpha value is -4.48. The van der Waals surface area contributed by atoms with Crippen LogP contribution in [-0.4, -0.2) is 72.9 Å². The van der Waals surface area contributed by atoms with Gasteiger partial charge >= 0.3 is 12.0 Å². The quantitative estimate of drug-likeness (QED) is 0.238. The number of rotatable bonds is 10. The molecule has 0 saturated carbocycles. The van der Waals surface area contributed by atoms with Crippen molar-refractivity contribution in [3.8, 4) is 11.5 Å². The molecule has 7 N–H and O–H groups in total. The second-order valence-corrected chi connectivity index (χ2v) is 7.98. The lowest BCUT2D eigenvalue weighted by Crippen LogP contribution is -2.49. The third-order valence-electron chi connectivity index (χ3n) is 5.24. The van der Waals surface area contributed by atoms with Crippen LogP contribution in [0, 0.1) is 6.92 Å². The number of aromatic hydroxyl groups is 1. The maximum absolute atomic E-state index is 12.5. The van der Waals surface area contributed by atoms with Crippen LogP contribution in [0.4, 0.5) is 10.5 Å². The highest BCUT2D eigenvalue weighted by Crippen LogP contribution is 2.23. The number of guanidine groups is 1. The number of carbonyl (C=O) groups is 3. The van der Waals surface area contributed by atoms with Crippen LogP contribution in [-0.2, 0) is 4.79 Å². The van der Waals surface area contributed by atoms with Gasteiger partial charge in [0, 0.05) is 31.4 Å². The van der Waals surface area contributed by atoms with E-state index in [0.717, 1.165) is 31.0 Å². The zero-order chi connectivity index (χ0) is 25.9. The number of carboxylic acid groups (broad SMARTS) is 1. The molecule has 1 atom stereocenters. The number of hydrogen-bond donors (Lipinski definition) is 7. The molecule has 0 bridgehead atoms. The number of carboxylic acids is 1. The first kappa shape index (κ1) is 26.1. The van der Waals surface area contributed by atoms with E-state index in [2.05, 4.69) is 31.6 Å². The first-order chi connectivity index (χ1) is 17.3. The van der Waals surface area contributed by atoms with Crippen LogP contribution < -0.4 is 31.3 Å². The van der Waals surface area contributed by atoms with Gasteiger partial charge in [0.1, 0.15) is 24.1 Å². The summed E-state index contributed by atoms with van der Waals surface area (Å²) in [6.45, 7) is 3.86. The highest BCUT2D eigenvalue weighted by molar-refractivity contribution is 5.97. The fourth-order valence-corrected chi connectivity index (χ4v) is 3.30. The molecule has 0 saturated heterocycles. The molecule has 0 aliphatic carbocycles. The minimum Gasteiger partial charge on any atom is -0.507 e. The summed E-state index contributed by atoms with van der Waals surface area (Å²) < 4.78 is 5.57. The van der Waals surface area contributed by atoms with Gasteiger partial charge in [-0.05, 0) is 37.1 Å². The Balaban J connectivity index is 1.47. The second-order valence-electron chi connectivity index (χ2n) is 7.98. The van der Waals surface area contributed by atoms with Crippen molar-refractivity contribution in [2.45, 2.75) is 19.4 Å². The van der Waals surface area contributed by atoms with E-state index in [9.17, 15) is 24.6 Å². The number of aliphatic carboxylic acids is 1. The molecule has 12 nitrogen and oxygen atoms in total. The Morgan fingerprint density at radius 3 is 2.69 bits per heavy atom. The average molecular weight is 499 g/mol.